The third-order valence-corrected chi connectivity index (χ3v) is 5.95. The Bertz CT molecular complexity index is 1410. The maximum Gasteiger partial charge on any atom is 0.209 e. The molecule has 0 spiro atoms. The fourth-order valence-electron chi connectivity index (χ4n) is 4.13. The number of hydrogen-bond donors (Lipinski definition) is 4. The Morgan fingerprint density at radius 3 is 2.58 bits per heavy atom. The van der Waals surface area contributed by atoms with Gasteiger partial charge in [0.1, 0.15) is 36.2 Å². The van der Waals surface area contributed by atoms with Gasteiger partial charge in [0.25, 0.3) is 0 Å². The number of ether oxygens (including phenoxy) is 2. The molecule has 10 heteroatoms. The monoisotopic (exact) mass is 487 g/mol. The molecule has 5 rings (SSSR count). The third-order valence-electron chi connectivity index (χ3n) is 5.95. The zero-order chi connectivity index (χ0) is 25.1. The number of nitrogens with zero attached hydrogens (tertiary/aromatic N) is 4. The molecule has 0 amide bonds. The quantitative estimate of drug-likeness (QED) is 0.293. The van der Waals surface area contributed by atoms with E-state index in [1.165, 1.54) is 16.5 Å². The van der Waals surface area contributed by atoms with Crippen molar-refractivity contribution in [2.45, 2.75) is 31.0 Å². The van der Waals surface area contributed by atoms with Gasteiger partial charge in [0, 0.05) is 6.42 Å². The van der Waals surface area contributed by atoms with Crippen LogP contribution in [-0.2, 0) is 11.2 Å². The Balaban J connectivity index is 1.33. The molecule has 0 bridgehead atoms. The maximum atomic E-state index is 10.4. The van der Waals surface area contributed by atoms with Gasteiger partial charge < -0.3 is 30.5 Å². The molecule has 2 aromatic carbocycles. The first-order valence-corrected chi connectivity index (χ1v) is 11.4. The SMILES string of the molecule is Nc1nc(C#CCOc2ccccc2Cc2ccccc2)nc2c1ncn2[C@@H]1O[C@H](CO)[C@@H](O)[C@H]1O. The molecule has 36 heavy (non-hydrogen) atoms. The highest BCUT2D eigenvalue weighted by Crippen LogP contribution is 2.32. The molecule has 184 valence electrons. The molecule has 1 aliphatic heterocycles. The number of aromatic nitrogens is 4. The Morgan fingerprint density at radius 2 is 1.81 bits per heavy atom. The second-order valence-corrected chi connectivity index (χ2v) is 8.35. The smallest absolute Gasteiger partial charge is 0.209 e. The Kier molecular flexibility index (Phi) is 6.79. The molecule has 1 saturated heterocycles. The van der Waals surface area contributed by atoms with Crippen LogP contribution in [0, 0.1) is 11.8 Å². The van der Waals surface area contributed by atoms with E-state index in [-0.39, 0.29) is 23.9 Å². The number of nitrogens with two attached hydrogens (primary N) is 1. The standard InChI is InChI=1S/C26H25N5O5/c27-24-21-25(31(15-28-21)26-23(34)22(33)19(14-32)36-26)30-20(29-24)11-6-12-35-18-10-5-4-9-17(18)13-16-7-2-1-3-8-16/h1-5,7-10,15,19,22-23,26,32-34H,12-14H2,(H2,27,29,30)/t19-,22-,23-,26-/m1/s1. The molecular weight excluding hydrogens is 462 g/mol. The minimum Gasteiger partial charge on any atom is -0.481 e. The number of imidazole rings is 1. The van der Waals surface area contributed by atoms with Gasteiger partial charge >= 0.3 is 0 Å². The fraction of sp³-hybridized carbons (Fsp3) is 0.269. The van der Waals surface area contributed by atoms with Crippen molar-refractivity contribution in [1.82, 2.24) is 19.5 Å². The van der Waals surface area contributed by atoms with Crippen LogP contribution in [0.25, 0.3) is 11.2 Å². The lowest BCUT2D eigenvalue weighted by molar-refractivity contribution is -0.0511. The zero-order valence-electron chi connectivity index (χ0n) is 19.2. The molecule has 5 N–H and O–H groups in total. The van der Waals surface area contributed by atoms with Gasteiger partial charge in [-0.2, -0.15) is 0 Å². The van der Waals surface area contributed by atoms with Crippen molar-refractivity contribution < 1.29 is 24.8 Å². The summed E-state index contributed by atoms with van der Waals surface area (Å²) in [4.78, 5) is 12.8. The van der Waals surface area contributed by atoms with E-state index in [0.717, 1.165) is 17.7 Å². The largest absolute Gasteiger partial charge is 0.481 e. The first-order valence-electron chi connectivity index (χ1n) is 11.4. The molecule has 2 aromatic heterocycles. The number of aliphatic hydroxyl groups is 3. The molecule has 0 aliphatic carbocycles. The summed E-state index contributed by atoms with van der Waals surface area (Å²) in [5, 5.41) is 29.8. The van der Waals surface area contributed by atoms with Crippen LogP contribution in [0.3, 0.4) is 0 Å². The molecule has 4 aromatic rings. The Hall–Kier alpha value is -4.01. The number of hydrogen-bond acceptors (Lipinski definition) is 9. The predicted octanol–water partition coefficient (Wildman–Crippen LogP) is 1.04. The van der Waals surface area contributed by atoms with Crippen molar-refractivity contribution in [3.05, 3.63) is 77.9 Å². The average Bonchev–Trinajstić information content (AvgIpc) is 3.44. The molecule has 3 heterocycles. The minimum absolute atomic E-state index is 0.112. The molecule has 1 aliphatic rings. The topological polar surface area (TPSA) is 149 Å². The van der Waals surface area contributed by atoms with Crippen LogP contribution in [0.1, 0.15) is 23.2 Å². The summed E-state index contributed by atoms with van der Waals surface area (Å²) >= 11 is 0. The zero-order valence-corrected chi connectivity index (χ0v) is 19.2. The van der Waals surface area contributed by atoms with Crippen LogP contribution >= 0.6 is 0 Å². The summed E-state index contributed by atoms with van der Waals surface area (Å²) in [5.41, 5.74) is 8.89. The van der Waals surface area contributed by atoms with Crippen molar-refractivity contribution in [2.24, 2.45) is 0 Å². The van der Waals surface area contributed by atoms with Crippen molar-refractivity contribution in [3.8, 4) is 17.6 Å². The third kappa shape index (κ3) is 4.73. The van der Waals surface area contributed by atoms with E-state index in [2.05, 4.69) is 38.9 Å². The van der Waals surface area contributed by atoms with Gasteiger partial charge in [0.15, 0.2) is 17.7 Å². The highest BCUT2D eigenvalue weighted by atomic mass is 16.6. The lowest BCUT2D eigenvalue weighted by Crippen LogP contribution is -2.33. The van der Waals surface area contributed by atoms with Gasteiger partial charge in [-0.15, -0.1) is 0 Å². The van der Waals surface area contributed by atoms with Crippen LogP contribution in [0.15, 0.2) is 60.9 Å². The van der Waals surface area contributed by atoms with Crippen LogP contribution < -0.4 is 10.5 Å². The van der Waals surface area contributed by atoms with E-state index in [0.29, 0.717) is 5.52 Å². The molecule has 0 unspecified atom stereocenters. The van der Waals surface area contributed by atoms with Crippen LogP contribution in [0.2, 0.25) is 0 Å². The molecule has 1 fully saturated rings. The lowest BCUT2D eigenvalue weighted by atomic mass is 10.0. The lowest BCUT2D eigenvalue weighted by Gasteiger charge is -2.16. The van der Waals surface area contributed by atoms with E-state index in [1.54, 1.807) is 0 Å². The van der Waals surface area contributed by atoms with Crippen LogP contribution in [0.5, 0.6) is 5.75 Å². The number of benzene rings is 2. The van der Waals surface area contributed by atoms with Crippen LogP contribution in [-0.4, -0.2) is 66.4 Å². The fourth-order valence-corrected chi connectivity index (χ4v) is 4.13. The molecule has 0 radical (unpaired) electrons. The van der Waals surface area contributed by atoms with E-state index >= 15 is 0 Å². The van der Waals surface area contributed by atoms with Gasteiger partial charge in [0.2, 0.25) is 5.82 Å². The van der Waals surface area contributed by atoms with Gasteiger partial charge in [-0.1, -0.05) is 54.5 Å². The van der Waals surface area contributed by atoms with Crippen molar-refractivity contribution >= 4 is 17.0 Å². The summed E-state index contributed by atoms with van der Waals surface area (Å²) in [7, 11) is 0. The number of para-hydroxylation sites is 1. The molecule has 4 atom stereocenters. The van der Waals surface area contributed by atoms with E-state index in [9.17, 15) is 15.3 Å². The van der Waals surface area contributed by atoms with Gasteiger partial charge in [-0.25, -0.2) is 15.0 Å². The van der Waals surface area contributed by atoms with Crippen LogP contribution in [0.4, 0.5) is 5.82 Å². The predicted molar refractivity (Wildman–Crippen MR) is 131 cm³/mol. The van der Waals surface area contributed by atoms with Crippen molar-refractivity contribution in [3.63, 3.8) is 0 Å². The van der Waals surface area contributed by atoms with Gasteiger partial charge in [-0.05, 0) is 23.1 Å². The van der Waals surface area contributed by atoms with Gasteiger partial charge in [0.05, 0.1) is 12.9 Å². The highest BCUT2D eigenvalue weighted by Gasteiger charge is 2.44. The number of anilines is 1. The summed E-state index contributed by atoms with van der Waals surface area (Å²) in [5.74, 6) is 6.77. The number of nitrogen functional groups attached to an aromatic ring is 1. The number of aliphatic hydroxyl groups excluding tert-OH is 3. The molecule has 10 nitrogen and oxygen atoms in total. The maximum absolute atomic E-state index is 10.4. The van der Waals surface area contributed by atoms with Crippen molar-refractivity contribution in [1.29, 1.82) is 0 Å². The molecule has 0 saturated carbocycles. The second-order valence-electron chi connectivity index (χ2n) is 8.35. The van der Waals surface area contributed by atoms with Crippen molar-refractivity contribution in [2.75, 3.05) is 18.9 Å². The highest BCUT2D eigenvalue weighted by molar-refractivity contribution is 5.82. The summed E-state index contributed by atoms with van der Waals surface area (Å²) in [6.07, 6.45) is -2.33. The van der Waals surface area contributed by atoms with E-state index in [1.807, 2.05) is 42.5 Å². The Labute approximate surface area is 207 Å². The number of fused-ring (bicyclic) bond motifs is 1. The molecular formula is C26H25N5O5. The normalized spacial score (nSPS) is 21.3. The van der Waals surface area contributed by atoms with Gasteiger partial charge in [-0.3, -0.25) is 4.57 Å². The summed E-state index contributed by atoms with van der Waals surface area (Å²) < 4.78 is 12.9. The number of rotatable bonds is 6. The summed E-state index contributed by atoms with van der Waals surface area (Å²) in [6.45, 7) is -0.329. The summed E-state index contributed by atoms with van der Waals surface area (Å²) in [6, 6.07) is 17.9. The average molecular weight is 488 g/mol. The minimum atomic E-state index is -1.28. The van der Waals surface area contributed by atoms with E-state index in [4.69, 9.17) is 15.2 Å². The first-order chi connectivity index (χ1) is 17.5. The van der Waals surface area contributed by atoms with E-state index < -0.39 is 31.1 Å². The second kappa shape index (κ2) is 10.3. The Morgan fingerprint density at radius 1 is 1.03 bits per heavy atom. The first kappa shape index (κ1) is 23.7.